The minimum atomic E-state index is -0.595. The van der Waals surface area contributed by atoms with Gasteiger partial charge < -0.3 is 23.8 Å². The van der Waals surface area contributed by atoms with Gasteiger partial charge in [0.2, 0.25) is 0 Å². The Balaban J connectivity index is 2.80. The predicted molar refractivity (Wildman–Crippen MR) is 62.0 cm³/mol. The van der Waals surface area contributed by atoms with Crippen LogP contribution in [-0.2, 0) is 23.8 Å². The number of hydrogen-bond donors (Lipinski definition) is 0. The SMILES string of the molecule is C/C=N/O[C@@H]1O[C@@H](C)[C@H](OC)[C@@H](OC)[C@H]1OC. The minimum Gasteiger partial charge on any atom is -0.376 e. The number of methoxy groups -OCH3 is 3. The quantitative estimate of drug-likeness (QED) is 0.531. The molecule has 1 heterocycles. The molecule has 1 aliphatic heterocycles. The van der Waals surface area contributed by atoms with Gasteiger partial charge in [0.1, 0.15) is 12.2 Å². The molecule has 1 saturated heterocycles. The molecule has 0 saturated carbocycles. The zero-order valence-electron chi connectivity index (χ0n) is 11.0. The Morgan fingerprint density at radius 2 is 1.59 bits per heavy atom. The highest BCUT2D eigenvalue weighted by molar-refractivity contribution is 5.52. The van der Waals surface area contributed by atoms with E-state index < -0.39 is 6.29 Å². The van der Waals surface area contributed by atoms with Gasteiger partial charge in [0, 0.05) is 27.5 Å². The van der Waals surface area contributed by atoms with Gasteiger partial charge in [-0.2, -0.15) is 0 Å². The lowest BCUT2D eigenvalue weighted by Gasteiger charge is -2.42. The van der Waals surface area contributed by atoms with Crippen LogP contribution in [0.25, 0.3) is 0 Å². The van der Waals surface area contributed by atoms with E-state index in [-0.39, 0.29) is 24.4 Å². The van der Waals surface area contributed by atoms with Crippen molar-refractivity contribution in [1.82, 2.24) is 0 Å². The molecule has 0 spiro atoms. The molecule has 1 aliphatic rings. The van der Waals surface area contributed by atoms with Crippen LogP contribution < -0.4 is 0 Å². The third-order valence-electron chi connectivity index (χ3n) is 2.81. The van der Waals surface area contributed by atoms with Gasteiger partial charge in [0.05, 0.1) is 6.10 Å². The third kappa shape index (κ3) is 3.16. The molecule has 6 heteroatoms. The lowest BCUT2D eigenvalue weighted by atomic mass is 9.99. The first kappa shape index (κ1) is 14.4. The molecule has 0 unspecified atom stereocenters. The Morgan fingerprint density at radius 1 is 1.00 bits per heavy atom. The molecule has 5 atom stereocenters. The topological polar surface area (TPSA) is 58.5 Å². The van der Waals surface area contributed by atoms with E-state index in [1.54, 1.807) is 34.5 Å². The Labute approximate surface area is 102 Å². The summed E-state index contributed by atoms with van der Waals surface area (Å²) in [5.74, 6) is 0. The second kappa shape index (κ2) is 6.90. The number of rotatable bonds is 5. The Kier molecular flexibility index (Phi) is 5.84. The fraction of sp³-hybridized carbons (Fsp3) is 0.909. The first-order valence-electron chi connectivity index (χ1n) is 5.57. The highest BCUT2D eigenvalue weighted by atomic mass is 16.8. The molecular weight excluding hydrogens is 226 g/mol. The van der Waals surface area contributed by atoms with Crippen LogP contribution >= 0.6 is 0 Å². The Morgan fingerprint density at radius 3 is 2.06 bits per heavy atom. The predicted octanol–water partition coefficient (Wildman–Crippen LogP) is 0.798. The smallest absolute Gasteiger partial charge is 0.256 e. The summed E-state index contributed by atoms with van der Waals surface area (Å²) in [6.45, 7) is 3.66. The van der Waals surface area contributed by atoms with Crippen molar-refractivity contribution in [1.29, 1.82) is 0 Å². The van der Waals surface area contributed by atoms with Crippen LogP contribution in [0.3, 0.4) is 0 Å². The maximum Gasteiger partial charge on any atom is 0.256 e. The van der Waals surface area contributed by atoms with E-state index in [2.05, 4.69) is 5.16 Å². The lowest BCUT2D eigenvalue weighted by molar-refractivity contribution is -0.305. The molecule has 6 nitrogen and oxygen atoms in total. The van der Waals surface area contributed by atoms with Crippen molar-refractivity contribution in [3.05, 3.63) is 0 Å². The van der Waals surface area contributed by atoms with E-state index in [9.17, 15) is 0 Å². The van der Waals surface area contributed by atoms with Gasteiger partial charge >= 0.3 is 0 Å². The maximum absolute atomic E-state index is 5.66. The zero-order valence-corrected chi connectivity index (χ0v) is 11.0. The molecule has 0 N–H and O–H groups in total. The monoisotopic (exact) mass is 247 g/mol. The maximum atomic E-state index is 5.66. The van der Waals surface area contributed by atoms with Gasteiger partial charge in [-0.15, -0.1) is 0 Å². The summed E-state index contributed by atoms with van der Waals surface area (Å²) in [4.78, 5) is 5.22. The van der Waals surface area contributed by atoms with Gasteiger partial charge in [-0.1, -0.05) is 5.16 Å². The summed E-state index contributed by atoms with van der Waals surface area (Å²) in [6.07, 6.45) is -0.0488. The van der Waals surface area contributed by atoms with Crippen LogP contribution in [0.1, 0.15) is 13.8 Å². The molecule has 17 heavy (non-hydrogen) atoms. The van der Waals surface area contributed by atoms with Crippen LogP contribution in [-0.4, -0.2) is 58.2 Å². The molecule has 0 aromatic heterocycles. The summed E-state index contributed by atoms with van der Waals surface area (Å²) in [7, 11) is 4.81. The summed E-state index contributed by atoms with van der Waals surface area (Å²) in [6, 6.07) is 0. The number of ether oxygens (including phenoxy) is 4. The van der Waals surface area contributed by atoms with Gasteiger partial charge in [-0.05, 0) is 13.8 Å². The molecule has 0 aliphatic carbocycles. The zero-order chi connectivity index (χ0) is 12.8. The van der Waals surface area contributed by atoms with Crippen LogP contribution in [0, 0.1) is 0 Å². The van der Waals surface area contributed by atoms with Crippen molar-refractivity contribution in [2.75, 3.05) is 21.3 Å². The molecular formula is C11H21NO5. The van der Waals surface area contributed by atoms with E-state index in [1.165, 1.54) is 0 Å². The second-order valence-electron chi connectivity index (χ2n) is 3.78. The van der Waals surface area contributed by atoms with E-state index in [0.717, 1.165) is 0 Å². The number of oxime groups is 1. The van der Waals surface area contributed by atoms with Gasteiger partial charge in [-0.3, -0.25) is 0 Å². The van der Waals surface area contributed by atoms with Gasteiger partial charge in [0.25, 0.3) is 6.29 Å². The average molecular weight is 247 g/mol. The van der Waals surface area contributed by atoms with Crippen LogP contribution in [0.4, 0.5) is 0 Å². The first-order chi connectivity index (χ1) is 8.19. The molecule has 0 bridgehead atoms. The fourth-order valence-electron chi connectivity index (χ4n) is 2.02. The number of hydrogen-bond acceptors (Lipinski definition) is 6. The minimum absolute atomic E-state index is 0.159. The molecule has 0 aromatic rings. The van der Waals surface area contributed by atoms with Gasteiger partial charge in [-0.25, -0.2) is 0 Å². The van der Waals surface area contributed by atoms with E-state index >= 15 is 0 Å². The van der Waals surface area contributed by atoms with Crippen molar-refractivity contribution in [2.45, 2.75) is 44.6 Å². The highest BCUT2D eigenvalue weighted by Gasteiger charge is 2.46. The van der Waals surface area contributed by atoms with Crippen LogP contribution in [0.15, 0.2) is 5.16 Å². The highest BCUT2D eigenvalue weighted by Crippen LogP contribution is 2.27. The summed E-state index contributed by atoms with van der Waals surface area (Å²) < 4.78 is 21.8. The van der Waals surface area contributed by atoms with Crippen molar-refractivity contribution in [2.24, 2.45) is 5.16 Å². The lowest BCUT2D eigenvalue weighted by Crippen LogP contribution is -2.59. The molecule has 0 radical (unpaired) electrons. The van der Waals surface area contributed by atoms with Crippen LogP contribution in [0.2, 0.25) is 0 Å². The Hall–Kier alpha value is -0.690. The second-order valence-corrected chi connectivity index (χ2v) is 3.78. The normalized spacial score (nSPS) is 38.5. The first-order valence-corrected chi connectivity index (χ1v) is 5.57. The number of nitrogens with zero attached hydrogens (tertiary/aromatic N) is 1. The molecule has 0 aromatic carbocycles. The molecule has 1 fully saturated rings. The van der Waals surface area contributed by atoms with E-state index in [1.807, 2.05) is 6.92 Å². The summed E-state index contributed by atoms with van der Waals surface area (Å²) in [5, 5.41) is 3.72. The molecule has 1 rings (SSSR count). The summed E-state index contributed by atoms with van der Waals surface area (Å²) >= 11 is 0. The average Bonchev–Trinajstić information content (AvgIpc) is 2.35. The molecule has 100 valence electrons. The standard InChI is InChI=1S/C11H21NO5/c1-6-12-17-11-10(15-5)9(14-4)8(13-3)7(2)16-11/h6-11H,1-5H3/b12-6+/t7-,8-,9+,10+,11-/m0/s1. The van der Waals surface area contributed by atoms with E-state index in [4.69, 9.17) is 23.8 Å². The van der Waals surface area contributed by atoms with Crippen LogP contribution in [0.5, 0.6) is 0 Å². The Bertz CT molecular complexity index is 248. The molecule has 0 amide bonds. The summed E-state index contributed by atoms with van der Waals surface area (Å²) in [5.41, 5.74) is 0. The van der Waals surface area contributed by atoms with Crippen molar-refractivity contribution in [3.63, 3.8) is 0 Å². The third-order valence-corrected chi connectivity index (χ3v) is 2.81. The van der Waals surface area contributed by atoms with Crippen molar-refractivity contribution >= 4 is 6.21 Å². The van der Waals surface area contributed by atoms with Gasteiger partial charge in [0.15, 0.2) is 6.10 Å². The van der Waals surface area contributed by atoms with Crippen molar-refractivity contribution < 1.29 is 23.8 Å². The largest absolute Gasteiger partial charge is 0.376 e. The van der Waals surface area contributed by atoms with E-state index in [0.29, 0.717) is 0 Å². The van der Waals surface area contributed by atoms with Crippen molar-refractivity contribution in [3.8, 4) is 0 Å². The fourth-order valence-corrected chi connectivity index (χ4v) is 2.02.